The van der Waals surface area contributed by atoms with Crippen molar-refractivity contribution in [2.24, 2.45) is 0 Å². The van der Waals surface area contributed by atoms with Crippen LogP contribution in [0.15, 0.2) is 118 Å². The third-order valence-electron chi connectivity index (χ3n) is 18.4. The third kappa shape index (κ3) is 19.9. The lowest BCUT2D eigenvalue weighted by molar-refractivity contribution is -0.211. The molecule has 0 unspecified atom stereocenters. The molecule has 4 aromatic rings. The Morgan fingerprint density at radius 1 is 0.418 bits per heavy atom. The van der Waals surface area contributed by atoms with Gasteiger partial charge in [0.1, 0.15) is 5.78 Å². The number of nitrogens with one attached hydrogen (secondary N) is 1. The fourth-order valence-electron chi connectivity index (χ4n) is 13.7. The number of rotatable bonds is 15. The summed E-state index contributed by atoms with van der Waals surface area (Å²) < 4.78 is 112. The molecule has 0 aromatic heterocycles. The fourth-order valence-corrected chi connectivity index (χ4v) is 18.7. The highest BCUT2D eigenvalue weighted by Crippen LogP contribution is 2.44. The van der Waals surface area contributed by atoms with E-state index in [0.29, 0.717) is 91.0 Å². The van der Waals surface area contributed by atoms with Gasteiger partial charge in [0.05, 0.1) is 54.3 Å². The van der Waals surface area contributed by atoms with Crippen molar-refractivity contribution in [1.29, 1.82) is 0 Å². The lowest BCUT2D eigenvalue weighted by atomic mass is 9.87. The van der Waals surface area contributed by atoms with Gasteiger partial charge in [0.25, 0.3) is 9.05 Å². The minimum absolute atomic E-state index is 0.0589. The molecule has 0 radical (unpaired) electrons. The van der Waals surface area contributed by atoms with Crippen molar-refractivity contribution in [3.8, 4) is 0 Å². The van der Waals surface area contributed by atoms with Crippen molar-refractivity contribution in [1.82, 2.24) is 18.8 Å². The number of Topliss-reactive ketones (excluding diaryl/α,β-unsaturated/α-hetero) is 1. The van der Waals surface area contributed by atoms with Crippen molar-refractivity contribution in [2.75, 3.05) is 39.6 Å². The summed E-state index contributed by atoms with van der Waals surface area (Å²) in [6, 6.07) is 30.5. The summed E-state index contributed by atoms with van der Waals surface area (Å²) in [5, 5.41) is 5.15. The van der Waals surface area contributed by atoms with E-state index < -0.39 is 34.9 Å². The first-order chi connectivity index (χ1) is 43.3. The quantitative estimate of drug-likeness (QED) is 0.110. The SMILES string of the molecule is CC[C@@H]1CC(=O)C[C@@H](CC)N1S(=O)(=O)c1ccc(Cl)cc1.CC[C@@H]1CC2(C[C@@H](CC)N1)OCCO2.CC[C@@H]1CC2(C[C@@H](CC)N1Cc1ccccc1)OCCO2.CC[C@@H]1CC2(C[C@@H](CC)N1S(=O)(=O)c1ccc(Cl)cc1)OCCO2.O=S(=O)(Cl)c1ccc(Cl)cc1. The maximum Gasteiger partial charge on any atom is 0.261 e. The molecule has 7 fully saturated rings. The second-order valence-electron chi connectivity index (χ2n) is 24.4. The van der Waals surface area contributed by atoms with Gasteiger partial charge in [-0.3, -0.25) is 9.69 Å². The maximum atomic E-state index is 13.2. The minimum atomic E-state index is -3.61. The van der Waals surface area contributed by atoms with E-state index in [2.05, 4.69) is 68.2 Å². The Labute approximate surface area is 562 Å². The summed E-state index contributed by atoms with van der Waals surface area (Å²) in [5.41, 5.74) is 1.40. The van der Waals surface area contributed by atoms with Crippen molar-refractivity contribution in [3.63, 3.8) is 0 Å². The summed E-state index contributed by atoms with van der Waals surface area (Å²) in [6.45, 7) is 22.1. The van der Waals surface area contributed by atoms with Gasteiger partial charge in [-0.25, -0.2) is 25.3 Å². The van der Waals surface area contributed by atoms with E-state index in [4.69, 9.17) is 73.9 Å². The molecule has 0 saturated carbocycles. The molecule has 4 aromatic carbocycles. The molecular weight excluding hydrogens is 1310 g/mol. The number of carbonyl (C=O) groups is 1. The van der Waals surface area contributed by atoms with Gasteiger partial charge in [0, 0.05) is 132 Å². The molecule has 508 valence electrons. The zero-order valence-corrected chi connectivity index (χ0v) is 59.6. The molecule has 1 N–H and O–H groups in total. The van der Waals surface area contributed by atoms with Crippen LogP contribution < -0.4 is 5.32 Å². The number of piperidine rings is 4. The van der Waals surface area contributed by atoms with E-state index >= 15 is 0 Å². The topological polar surface area (TPSA) is 197 Å². The lowest BCUT2D eigenvalue weighted by Crippen LogP contribution is -2.57. The van der Waals surface area contributed by atoms with Crippen LogP contribution in [0.2, 0.25) is 15.1 Å². The fraction of sp³-hybridized carbons (Fsp3) is 0.627. The number of hydrogen-bond donors (Lipinski definition) is 1. The number of benzene rings is 4. The summed E-state index contributed by atoms with van der Waals surface area (Å²) in [5.74, 6) is -1.01. The average molecular weight is 1400 g/mol. The highest BCUT2D eigenvalue weighted by Gasteiger charge is 2.52. The molecule has 24 heteroatoms. The van der Waals surface area contributed by atoms with Crippen LogP contribution in [0.5, 0.6) is 0 Å². The van der Waals surface area contributed by atoms with Crippen LogP contribution in [-0.4, -0.2) is 150 Å². The predicted molar refractivity (Wildman–Crippen MR) is 359 cm³/mol. The number of hydrogen-bond acceptors (Lipinski definition) is 15. The van der Waals surface area contributed by atoms with Crippen LogP contribution >= 0.6 is 45.5 Å². The number of halogens is 4. The van der Waals surface area contributed by atoms with Crippen molar-refractivity contribution < 1.29 is 58.5 Å². The van der Waals surface area contributed by atoms with Crippen LogP contribution in [0.1, 0.15) is 164 Å². The molecule has 8 atom stereocenters. The normalized spacial score (nSPS) is 26.6. The van der Waals surface area contributed by atoms with Crippen LogP contribution in [0.3, 0.4) is 0 Å². The van der Waals surface area contributed by atoms with Gasteiger partial charge >= 0.3 is 0 Å². The molecule has 7 aliphatic heterocycles. The van der Waals surface area contributed by atoms with Gasteiger partial charge in [-0.15, -0.1) is 0 Å². The van der Waals surface area contributed by atoms with E-state index in [0.717, 1.165) is 97.2 Å². The van der Waals surface area contributed by atoms with E-state index in [1.54, 1.807) is 40.7 Å². The third-order valence-corrected chi connectivity index (χ3v) is 24.6. The number of ether oxygens (including phenoxy) is 6. The van der Waals surface area contributed by atoms with Gasteiger partial charge in [-0.1, -0.05) is 121 Å². The van der Waals surface area contributed by atoms with Crippen molar-refractivity contribution >= 4 is 80.4 Å². The number of ketones is 1. The molecule has 0 amide bonds. The first kappa shape index (κ1) is 75.5. The van der Waals surface area contributed by atoms with Crippen LogP contribution in [0, 0.1) is 0 Å². The van der Waals surface area contributed by atoms with E-state index in [-0.39, 0.29) is 56.2 Å². The van der Waals surface area contributed by atoms with Gasteiger partial charge in [-0.05, 0) is 130 Å². The van der Waals surface area contributed by atoms with Gasteiger partial charge in [0.15, 0.2) is 17.4 Å². The molecule has 7 aliphatic rings. The number of nitrogens with zero attached hydrogens (tertiary/aromatic N) is 3. The second kappa shape index (κ2) is 34.4. The standard InChI is InChI=1S/C18H27NO2.C17H24ClNO4S.C15H20ClNO3S.C11H21NO2.C6H4Cl2O2S/c1-3-16-12-18(20-10-11-21-18)13-17(4-2)19(16)14-15-8-6-5-7-9-15;1-3-14-11-17(22-9-10-23-17)12-15(4-2)19(14)24(20,21)16-7-5-13(18)6-8-16;1-3-12-9-14(18)10-13(4-2)17(12)21(19,20)15-7-5-11(16)6-8-15;1-3-9-7-11(13-5-6-14-11)8-10(4-2)12-9;7-5-1-3-6(4-2-5)11(8,9)10/h5-9,16-17H,3-4,10-14H2,1-2H3;5-8,14-15H,3-4,9-12H2,1-2H3;5-8,12-13H,3-4,9-10H2,1-2H3;9-10,12H,3-8H2,1-2H3;1-4H/t16-,17-;14-,15-;12-,13-;9-,10-;/m1111./s1. The Bertz CT molecular complexity index is 3170. The van der Waals surface area contributed by atoms with Gasteiger partial charge in [0.2, 0.25) is 20.0 Å². The molecule has 0 aliphatic carbocycles. The molecular formula is C67H96Cl4N4O13S3. The molecule has 3 spiro atoms. The average Bonchev–Trinajstić information content (AvgIpc) is 1.67. The zero-order chi connectivity index (χ0) is 66.2. The summed E-state index contributed by atoms with van der Waals surface area (Å²) in [6.07, 6.45) is 13.1. The Morgan fingerprint density at radius 2 is 0.725 bits per heavy atom. The highest BCUT2D eigenvalue weighted by molar-refractivity contribution is 8.13. The van der Waals surface area contributed by atoms with Crippen molar-refractivity contribution in [2.45, 2.75) is 245 Å². The molecule has 91 heavy (non-hydrogen) atoms. The van der Waals surface area contributed by atoms with E-state index in [1.807, 2.05) is 27.7 Å². The first-order valence-corrected chi connectivity index (χ1v) is 38.9. The largest absolute Gasteiger partial charge is 0.347 e. The summed E-state index contributed by atoms with van der Waals surface area (Å²) in [4.78, 5) is 15.1. The second-order valence-corrected chi connectivity index (χ2v) is 31.9. The number of likely N-dealkylation sites (tertiary alicyclic amines) is 1. The monoisotopic (exact) mass is 1400 g/mol. The predicted octanol–water partition coefficient (Wildman–Crippen LogP) is 14.2. The Hall–Kier alpha value is -2.84. The molecule has 17 nitrogen and oxygen atoms in total. The number of sulfonamides is 2. The zero-order valence-electron chi connectivity index (χ0n) is 54.1. The van der Waals surface area contributed by atoms with E-state index in [9.17, 15) is 30.0 Å². The Kier molecular flexibility index (Phi) is 28.5. The molecule has 0 bridgehead atoms. The number of carbonyl (C=O) groups excluding carboxylic acids is 1. The molecule has 11 rings (SSSR count). The highest BCUT2D eigenvalue weighted by atomic mass is 35.7. The van der Waals surface area contributed by atoms with E-state index in [1.165, 1.54) is 46.3 Å². The van der Waals surface area contributed by atoms with Crippen molar-refractivity contribution in [3.05, 3.63) is 124 Å². The smallest absolute Gasteiger partial charge is 0.261 e. The molecule has 7 heterocycles. The minimum Gasteiger partial charge on any atom is -0.347 e. The van der Waals surface area contributed by atoms with Crippen LogP contribution in [0.4, 0.5) is 0 Å². The summed E-state index contributed by atoms with van der Waals surface area (Å²) in [7, 11) is -5.75. The summed E-state index contributed by atoms with van der Waals surface area (Å²) >= 11 is 17.2. The van der Waals surface area contributed by atoms with Gasteiger partial charge < -0.3 is 33.7 Å². The van der Waals surface area contributed by atoms with Crippen LogP contribution in [0.25, 0.3) is 0 Å². The lowest BCUT2D eigenvalue weighted by Gasteiger charge is -2.48. The van der Waals surface area contributed by atoms with Gasteiger partial charge in [-0.2, -0.15) is 8.61 Å². The Morgan fingerprint density at radius 3 is 1.04 bits per heavy atom. The molecule has 7 saturated heterocycles. The first-order valence-electron chi connectivity index (χ1n) is 32.5. The Balaban J connectivity index is 0.000000165. The van der Waals surface area contributed by atoms with Crippen LogP contribution in [-0.2, 0) is 68.9 Å². The maximum absolute atomic E-state index is 13.2.